The lowest BCUT2D eigenvalue weighted by atomic mass is 10.2. The van der Waals surface area contributed by atoms with Crippen LogP contribution in [0.1, 0.15) is 40.5 Å². The van der Waals surface area contributed by atoms with Crippen LogP contribution in [0, 0.1) is 6.92 Å². The molecule has 1 heterocycles. The number of sulfonamides is 1. The van der Waals surface area contributed by atoms with E-state index in [1.165, 1.54) is 19.2 Å². The van der Waals surface area contributed by atoms with E-state index in [1.807, 2.05) is 37.3 Å². The Kier molecular flexibility index (Phi) is 6.30. The molecule has 0 aliphatic heterocycles. The summed E-state index contributed by atoms with van der Waals surface area (Å²) in [5.74, 6) is -0.873. The summed E-state index contributed by atoms with van der Waals surface area (Å²) in [7, 11) is -2.53. The number of benzene rings is 2. The van der Waals surface area contributed by atoms with E-state index >= 15 is 0 Å². The minimum Gasteiger partial charge on any atom is -0.272 e. The third-order valence-electron chi connectivity index (χ3n) is 5.37. The molecule has 3 aromatic rings. The summed E-state index contributed by atoms with van der Waals surface area (Å²) in [5, 5.41) is 4.57. The van der Waals surface area contributed by atoms with Crippen LogP contribution in [0.25, 0.3) is 5.69 Å². The molecule has 1 aromatic heterocycles. The van der Waals surface area contributed by atoms with E-state index in [0.29, 0.717) is 5.92 Å². The summed E-state index contributed by atoms with van der Waals surface area (Å²) in [6.07, 6.45) is 2.07. The van der Waals surface area contributed by atoms with Crippen molar-refractivity contribution in [2.45, 2.75) is 30.6 Å². The molecule has 0 bridgehead atoms. The maximum atomic E-state index is 12.8. The number of rotatable bonds is 7. The second kappa shape index (κ2) is 9.16. The van der Waals surface area contributed by atoms with Gasteiger partial charge in [0.1, 0.15) is 5.69 Å². The molecule has 0 saturated heterocycles. The molecule has 9 nitrogen and oxygen atoms in total. The van der Waals surface area contributed by atoms with E-state index in [2.05, 4.69) is 16.0 Å². The standard InChI is InChI=1S/C23H25N5O4S/c1-16-8-12-19(13-9-16)33(31,32)27(2)15-22(29)24-25-23(30)21-14-20(17-10-11-17)26-28(21)18-6-4-3-5-7-18/h3-9,12-14,17H,10-11,15H2,1-2H3,(H,24,29)(H,25,30). The molecule has 1 aliphatic carbocycles. The average Bonchev–Trinajstić information content (AvgIpc) is 3.56. The van der Waals surface area contributed by atoms with Gasteiger partial charge in [0.15, 0.2) is 0 Å². The molecular formula is C23H25N5O4S. The predicted octanol–water partition coefficient (Wildman–Crippen LogP) is 2.14. The first-order valence-electron chi connectivity index (χ1n) is 10.5. The molecule has 0 unspecified atom stereocenters. The van der Waals surface area contributed by atoms with Crippen molar-refractivity contribution in [1.29, 1.82) is 0 Å². The van der Waals surface area contributed by atoms with Crippen LogP contribution in [0.2, 0.25) is 0 Å². The van der Waals surface area contributed by atoms with Crippen molar-refractivity contribution < 1.29 is 18.0 Å². The fraction of sp³-hybridized carbons (Fsp3) is 0.261. The van der Waals surface area contributed by atoms with Gasteiger partial charge in [-0.3, -0.25) is 20.4 Å². The van der Waals surface area contributed by atoms with Crippen LogP contribution in [0.5, 0.6) is 0 Å². The molecule has 0 atom stereocenters. The molecular weight excluding hydrogens is 442 g/mol. The van der Waals surface area contributed by atoms with Crippen LogP contribution in [-0.4, -0.2) is 47.9 Å². The number of carbonyl (C=O) groups is 2. The van der Waals surface area contributed by atoms with E-state index in [-0.39, 0.29) is 10.6 Å². The predicted molar refractivity (Wildman–Crippen MR) is 122 cm³/mol. The van der Waals surface area contributed by atoms with Crippen LogP contribution in [-0.2, 0) is 14.8 Å². The number of nitrogens with zero attached hydrogens (tertiary/aromatic N) is 3. The zero-order valence-electron chi connectivity index (χ0n) is 18.4. The molecule has 1 aliphatic rings. The van der Waals surface area contributed by atoms with Gasteiger partial charge in [0.2, 0.25) is 10.0 Å². The number of amides is 2. The Balaban J connectivity index is 1.42. The number of aryl methyl sites for hydroxylation is 1. The number of para-hydroxylation sites is 1. The van der Waals surface area contributed by atoms with Gasteiger partial charge in [-0.2, -0.15) is 9.40 Å². The number of aromatic nitrogens is 2. The maximum absolute atomic E-state index is 12.8. The highest BCUT2D eigenvalue weighted by atomic mass is 32.2. The van der Waals surface area contributed by atoms with Crippen LogP contribution in [0.3, 0.4) is 0 Å². The first-order chi connectivity index (χ1) is 15.8. The van der Waals surface area contributed by atoms with Gasteiger partial charge in [-0.1, -0.05) is 35.9 Å². The largest absolute Gasteiger partial charge is 0.288 e. The van der Waals surface area contributed by atoms with Crippen LogP contribution in [0.15, 0.2) is 65.6 Å². The molecule has 1 saturated carbocycles. The van der Waals surface area contributed by atoms with Crippen molar-refractivity contribution >= 4 is 21.8 Å². The maximum Gasteiger partial charge on any atom is 0.288 e. The summed E-state index contributed by atoms with van der Waals surface area (Å²) >= 11 is 0. The van der Waals surface area contributed by atoms with Crippen LogP contribution < -0.4 is 10.9 Å². The van der Waals surface area contributed by atoms with Crippen molar-refractivity contribution in [3.8, 4) is 5.69 Å². The fourth-order valence-corrected chi connectivity index (χ4v) is 4.44. The number of hydrogen-bond donors (Lipinski definition) is 2. The number of carbonyl (C=O) groups excluding carboxylic acids is 2. The minimum absolute atomic E-state index is 0.0896. The molecule has 0 radical (unpaired) electrons. The van der Waals surface area contributed by atoms with Crippen molar-refractivity contribution in [2.24, 2.45) is 0 Å². The number of hydrogen-bond acceptors (Lipinski definition) is 5. The Bertz CT molecular complexity index is 1270. The van der Waals surface area contributed by atoms with Gasteiger partial charge in [-0.15, -0.1) is 0 Å². The smallest absolute Gasteiger partial charge is 0.272 e. The summed E-state index contributed by atoms with van der Waals surface area (Å²) in [4.78, 5) is 25.3. The lowest BCUT2D eigenvalue weighted by Crippen LogP contribution is -2.47. The van der Waals surface area contributed by atoms with Crippen LogP contribution >= 0.6 is 0 Å². The SMILES string of the molecule is Cc1ccc(S(=O)(=O)N(C)CC(=O)NNC(=O)c2cc(C3CC3)nn2-c2ccccc2)cc1. The zero-order valence-corrected chi connectivity index (χ0v) is 19.2. The molecule has 2 aromatic carbocycles. The number of nitrogens with one attached hydrogen (secondary N) is 2. The highest BCUT2D eigenvalue weighted by Gasteiger charge is 2.29. The molecule has 0 spiro atoms. The first kappa shape index (κ1) is 22.7. The Hall–Kier alpha value is -3.50. The molecule has 172 valence electrons. The molecule has 33 heavy (non-hydrogen) atoms. The minimum atomic E-state index is -3.84. The molecule has 2 N–H and O–H groups in total. The Morgan fingerprint density at radius 3 is 2.36 bits per heavy atom. The van der Waals surface area contributed by atoms with Crippen molar-refractivity contribution in [1.82, 2.24) is 24.9 Å². The van der Waals surface area contributed by atoms with Crippen molar-refractivity contribution in [2.75, 3.05) is 13.6 Å². The van der Waals surface area contributed by atoms with E-state index in [1.54, 1.807) is 22.9 Å². The van der Waals surface area contributed by atoms with Crippen LogP contribution in [0.4, 0.5) is 0 Å². The molecule has 1 fully saturated rings. The fourth-order valence-electron chi connectivity index (χ4n) is 3.31. The summed E-state index contributed by atoms with van der Waals surface area (Å²) < 4.78 is 27.8. The van der Waals surface area contributed by atoms with Gasteiger partial charge >= 0.3 is 0 Å². The summed E-state index contributed by atoms with van der Waals surface area (Å²) in [6, 6.07) is 17.3. The van der Waals surface area contributed by atoms with Gasteiger partial charge < -0.3 is 0 Å². The normalized spacial score (nSPS) is 13.7. The quantitative estimate of drug-likeness (QED) is 0.517. The summed E-state index contributed by atoms with van der Waals surface area (Å²) in [5.41, 5.74) is 7.42. The highest BCUT2D eigenvalue weighted by molar-refractivity contribution is 7.89. The third-order valence-corrected chi connectivity index (χ3v) is 7.19. The highest BCUT2D eigenvalue weighted by Crippen LogP contribution is 2.39. The molecule has 2 amide bonds. The number of likely N-dealkylation sites (N-methyl/N-ethyl adjacent to an activating group) is 1. The Labute approximate surface area is 192 Å². The molecule has 10 heteroatoms. The van der Waals surface area contributed by atoms with E-state index in [0.717, 1.165) is 34.1 Å². The van der Waals surface area contributed by atoms with E-state index in [9.17, 15) is 18.0 Å². The summed E-state index contributed by atoms with van der Waals surface area (Å²) in [6.45, 7) is 1.40. The number of hydrazine groups is 1. The van der Waals surface area contributed by atoms with Gasteiger partial charge in [-0.25, -0.2) is 13.1 Å². The monoisotopic (exact) mass is 467 g/mol. The lowest BCUT2D eigenvalue weighted by Gasteiger charge is -2.17. The average molecular weight is 468 g/mol. The Morgan fingerprint density at radius 1 is 1.06 bits per heavy atom. The van der Waals surface area contributed by atoms with Crippen molar-refractivity contribution in [3.05, 3.63) is 77.6 Å². The van der Waals surface area contributed by atoms with Gasteiger partial charge in [0.25, 0.3) is 11.8 Å². The van der Waals surface area contributed by atoms with Gasteiger partial charge in [-0.05, 0) is 50.1 Å². The van der Waals surface area contributed by atoms with E-state index < -0.39 is 28.4 Å². The topological polar surface area (TPSA) is 113 Å². The second-order valence-corrected chi connectivity index (χ2v) is 10.1. The zero-order chi connectivity index (χ0) is 23.6. The van der Waals surface area contributed by atoms with Crippen molar-refractivity contribution in [3.63, 3.8) is 0 Å². The second-order valence-electron chi connectivity index (χ2n) is 8.05. The first-order valence-corrected chi connectivity index (χ1v) is 12.0. The van der Waals surface area contributed by atoms with Gasteiger partial charge in [0.05, 0.1) is 22.8 Å². The van der Waals surface area contributed by atoms with Gasteiger partial charge in [0, 0.05) is 13.0 Å². The Morgan fingerprint density at radius 2 is 1.73 bits per heavy atom. The van der Waals surface area contributed by atoms with E-state index in [4.69, 9.17) is 0 Å². The molecule has 4 rings (SSSR count). The third kappa shape index (κ3) is 5.12. The lowest BCUT2D eigenvalue weighted by molar-refractivity contribution is -0.121.